The van der Waals surface area contributed by atoms with Crippen molar-refractivity contribution < 1.29 is 4.74 Å². The maximum absolute atomic E-state index is 7.31. The molecule has 1 aliphatic heterocycles. The van der Waals surface area contributed by atoms with E-state index in [-0.39, 0.29) is 5.96 Å². The highest BCUT2D eigenvalue weighted by molar-refractivity contribution is 5.74. The molecule has 0 aromatic rings. The molecule has 0 amide bonds. The molecular formula is C9H19N3O. The highest BCUT2D eigenvalue weighted by Crippen LogP contribution is 2.22. The molecule has 1 saturated heterocycles. The number of hydrogen-bond donors (Lipinski definition) is 2. The van der Waals surface area contributed by atoms with Crippen molar-refractivity contribution in [2.75, 3.05) is 26.3 Å². The number of rotatable bonds is 3. The summed E-state index contributed by atoms with van der Waals surface area (Å²) in [5.41, 5.74) is 5.42. The third-order valence-corrected chi connectivity index (χ3v) is 2.64. The summed E-state index contributed by atoms with van der Waals surface area (Å²) >= 11 is 0. The molecule has 0 saturated carbocycles. The lowest BCUT2D eigenvalue weighted by molar-refractivity contribution is 0.103. The largest absolute Gasteiger partial charge is 0.381 e. The number of nitrogens with one attached hydrogen (secondary N) is 1. The zero-order valence-corrected chi connectivity index (χ0v) is 8.42. The highest BCUT2D eigenvalue weighted by Gasteiger charge is 2.30. The predicted octanol–water partition coefficient (Wildman–Crippen LogP) is 0.484. The van der Waals surface area contributed by atoms with Crippen molar-refractivity contribution in [3.63, 3.8) is 0 Å². The molecule has 0 spiro atoms. The van der Waals surface area contributed by atoms with Gasteiger partial charge in [0.15, 0.2) is 5.96 Å². The van der Waals surface area contributed by atoms with Crippen LogP contribution in [0.2, 0.25) is 0 Å². The minimum absolute atomic E-state index is 0.186. The fourth-order valence-corrected chi connectivity index (χ4v) is 1.72. The van der Waals surface area contributed by atoms with Crippen LogP contribution in [0.25, 0.3) is 0 Å². The molecule has 0 aromatic heterocycles. The number of nitrogens with two attached hydrogens (primary N) is 1. The van der Waals surface area contributed by atoms with E-state index in [1.54, 1.807) is 0 Å². The Morgan fingerprint density at radius 2 is 2.31 bits per heavy atom. The van der Waals surface area contributed by atoms with Crippen molar-refractivity contribution in [3.05, 3.63) is 0 Å². The van der Waals surface area contributed by atoms with Crippen LogP contribution in [0, 0.1) is 17.2 Å². The van der Waals surface area contributed by atoms with Gasteiger partial charge in [0.1, 0.15) is 0 Å². The van der Waals surface area contributed by atoms with Gasteiger partial charge in [0, 0.05) is 25.6 Å². The quantitative estimate of drug-likeness (QED) is 0.496. The molecule has 0 radical (unpaired) electrons. The molecule has 3 N–H and O–H groups in total. The van der Waals surface area contributed by atoms with Gasteiger partial charge in [0.2, 0.25) is 0 Å². The minimum Gasteiger partial charge on any atom is -0.381 e. The van der Waals surface area contributed by atoms with Crippen LogP contribution in [0.5, 0.6) is 0 Å². The van der Waals surface area contributed by atoms with Gasteiger partial charge < -0.3 is 15.4 Å². The molecule has 1 rings (SSSR count). The van der Waals surface area contributed by atoms with Crippen LogP contribution in [-0.4, -0.2) is 37.2 Å². The Morgan fingerprint density at radius 1 is 1.62 bits per heavy atom. The van der Waals surface area contributed by atoms with Crippen LogP contribution in [0.15, 0.2) is 0 Å². The summed E-state index contributed by atoms with van der Waals surface area (Å²) in [6.07, 6.45) is 0. The van der Waals surface area contributed by atoms with Crippen LogP contribution in [0.4, 0.5) is 0 Å². The molecule has 0 unspecified atom stereocenters. The smallest absolute Gasteiger partial charge is 0.188 e. The predicted molar refractivity (Wildman–Crippen MR) is 52.6 cm³/mol. The number of hydrogen-bond acceptors (Lipinski definition) is 2. The highest BCUT2D eigenvalue weighted by atomic mass is 16.5. The maximum atomic E-state index is 7.31. The van der Waals surface area contributed by atoms with Gasteiger partial charge >= 0.3 is 0 Å². The summed E-state index contributed by atoms with van der Waals surface area (Å²) in [4.78, 5) is 1.91. The average Bonchev–Trinajstić information content (AvgIpc) is 2.44. The van der Waals surface area contributed by atoms with Crippen molar-refractivity contribution >= 4 is 5.96 Å². The number of nitrogens with zero attached hydrogens (tertiary/aromatic N) is 1. The van der Waals surface area contributed by atoms with E-state index in [1.807, 2.05) is 11.8 Å². The first kappa shape index (κ1) is 10.3. The second kappa shape index (κ2) is 4.46. The van der Waals surface area contributed by atoms with Crippen LogP contribution in [0.1, 0.15) is 13.8 Å². The summed E-state index contributed by atoms with van der Waals surface area (Å²) in [6.45, 7) is 7.52. The van der Waals surface area contributed by atoms with E-state index < -0.39 is 0 Å². The van der Waals surface area contributed by atoms with Gasteiger partial charge in [-0.05, 0) is 12.8 Å². The van der Waals surface area contributed by atoms with E-state index in [4.69, 9.17) is 15.9 Å². The Kier molecular flexibility index (Phi) is 3.54. The van der Waals surface area contributed by atoms with Gasteiger partial charge in [-0.3, -0.25) is 5.41 Å². The van der Waals surface area contributed by atoms with Crippen LogP contribution >= 0.6 is 0 Å². The first-order valence-corrected chi connectivity index (χ1v) is 4.81. The maximum Gasteiger partial charge on any atom is 0.188 e. The van der Waals surface area contributed by atoms with Crippen LogP contribution in [0.3, 0.4) is 0 Å². The monoisotopic (exact) mass is 185 g/mol. The van der Waals surface area contributed by atoms with E-state index in [0.29, 0.717) is 11.8 Å². The summed E-state index contributed by atoms with van der Waals surface area (Å²) in [7, 11) is 0. The molecule has 0 aliphatic carbocycles. The van der Waals surface area contributed by atoms with Crippen molar-refractivity contribution in [2.24, 2.45) is 17.6 Å². The lowest BCUT2D eigenvalue weighted by Gasteiger charge is -2.15. The summed E-state index contributed by atoms with van der Waals surface area (Å²) in [6, 6.07) is 0. The normalized spacial score (nSPS) is 28.0. The van der Waals surface area contributed by atoms with Crippen molar-refractivity contribution in [3.8, 4) is 0 Å². The summed E-state index contributed by atoms with van der Waals surface area (Å²) in [5, 5.41) is 7.31. The van der Waals surface area contributed by atoms with Crippen molar-refractivity contribution in [1.82, 2.24) is 4.90 Å². The zero-order chi connectivity index (χ0) is 9.84. The molecule has 4 nitrogen and oxygen atoms in total. The fourth-order valence-electron chi connectivity index (χ4n) is 1.72. The van der Waals surface area contributed by atoms with Gasteiger partial charge in [0.25, 0.3) is 0 Å². The van der Waals surface area contributed by atoms with Gasteiger partial charge in [-0.1, -0.05) is 6.92 Å². The van der Waals surface area contributed by atoms with E-state index in [9.17, 15) is 0 Å². The molecular weight excluding hydrogens is 166 g/mol. The Bertz CT molecular complexity index is 184. The second-order valence-electron chi connectivity index (χ2n) is 3.69. The number of likely N-dealkylation sites (tertiary alicyclic amines) is 1. The Hall–Kier alpha value is -0.770. The summed E-state index contributed by atoms with van der Waals surface area (Å²) in [5.74, 6) is 1.30. The zero-order valence-electron chi connectivity index (χ0n) is 8.42. The topological polar surface area (TPSA) is 62.3 Å². The first-order valence-electron chi connectivity index (χ1n) is 4.81. The lowest BCUT2D eigenvalue weighted by Crippen LogP contribution is -2.34. The van der Waals surface area contributed by atoms with Crippen molar-refractivity contribution in [2.45, 2.75) is 13.8 Å². The molecule has 1 fully saturated rings. The van der Waals surface area contributed by atoms with E-state index in [2.05, 4.69) is 6.92 Å². The van der Waals surface area contributed by atoms with Gasteiger partial charge in [-0.15, -0.1) is 0 Å². The number of guanidine groups is 1. The third-order valence-electron chi connectivity index (χ3n) is 2.64. The first-order chi connectivity index (χ1) is 6.15. The van der Waals surface area contributed by atoms with Gasteiger partial charge in [0.05, 0.1) is 6.61 Å². The van der Waals surface area contributed by atoms with Crippen LogP contribution in [-0.2, 0) is 4.74 Å². The lowest BCUT2D eigenvalue weighted by atomic mass is 9.99. The standard InChI is InChI=1S/C9H19N3O/c1-3-13-6-8-5-12(9(10)11)4-7(8)2/h7-8H,3-6H2,1-2H3,(H3,10,11)/t7-,8+/m0/s1. The van der Waals surface area contributed by atoms with E-state index in [0.717, 1.165) is 26.3 Å². The summed E-state index contributed by atoms with van der Waals surface area (Å²) < 4.78 is 5.38. The Balaban J connectivity index is 2.37. The number of ether oxygens (including phenoxy) is 1. The van der Waals surface area contributed by atoms with E-state index in [1.165, 1.54) is 0 Å². The average molecular weight is 185 g/mol. The van der Waals surface area contributed by atoms with Gasteiger partial charge in [-0.2, -0.15) is 0 Å². The molecule has 0 aromatic carbocycles. The second-order valence-corrected chi connectivity index (χ2v) is 3.69. The molecule has 76 valence electrons. The minimum atomic E-state index is 0.186. The van der Waals surface area contributed by atoms with Crippen LogP contribution < -0.4 is 5.73 Å². The molecule has 4 heteroatoms. The molecule has 13 heavy (non-hydrogen) atoms. The molecule has 2 atom stereocenters. The van der Waals surface area contributed by atoms with Gasteiger partial charge in [-0.25, -0.2) is 0 Å². The Labute approximate surface area is 79.6 Å². The van der Waals surface area contributed by atoms with E-state index >= 15 is 0 Å². The third kappa shape index (κ3) is 2.59. The molecule has 1 aliphatic rings. The van der Waals surface area contributed by atoms with Crippen molar-refractivity contribution in [1.29, 1.82) is 5.41 Å². The molecule has 1 heterocycles. The molecule has 0 bridgehead atoms. The Morgan fingerprint density at radius 3 is 2.77 bits per heavy atom. The fraction of sp³-hybridized carbons (Fsp3) is 0.889. The SMILES string of the molecule is CCOC[C@H]1CN(C(=N)N)C[C@@H]1C.